The smallest absolute Gasteiger partial charge is 0.249 e. The molecule has 0 fully saturated rings. The number of rotatable bonds is 10. The normalized spacial score (nSPS) is 11.1. The number of ether oxygens (including phenoxy) is 3. The highest BCUT2D eigenvalue weighted by molar-refractivity contribution is 6.01. The lowest BCUT2D eigenvalue weighted by molar-refractivity contribution is 0.191. The van der Waals surface area contributed by atoms with Crippen molar-refractivity contribution in [2.75, 3.05) is 6.61 Å². The van der Waals surface area contributed by atoms with Gasteiger partial charge in [-0.15, -0.1) is 0 Å². The van der Waals surface area contributed by atoms with Crippen molar-refractivity contribution in [1.29, 1.82) is 10.8 Å². The fraction of sp³-hybridized carbons (Fsp3) is 0.103. The van der Waals surface area contributed by atoms with E-state index in [9.17, 15) is 0 Å². The van der Waals surface area contributed by atoms with Gasteiger partial charge in [0.05, 0.1) is 5.71 Å². The molecule has 0 aliphatic heterocycles. The quantitative estimate of drug-likeness (QED) is 0.164. The minimum atomic E-state index is -0.129. The Hall–Kier alpha value is -4.38. The van der Waals surface area contributed by atoms with Crippen molar-refractivity contribution in [2.45, 2.75) is 13.2 Å². The van der Waals surface area contributed by atoms with Gasteiger partial charge in [0, 0.05) is 6.08 Å². The predicted octanol–water partition coefficient (Wildman–Crippen LogP) is 6.53. The van der Waals surface area contributed by atoms with Crippen LogP contribution in [0.15, 0.2) is 115 Å². The number of nitrogens with one attached hydrogen (secondary N) is 2. The van der Waals surface area contributed by atoms with Gasteiger partial charge in [-0.25, -0.2) is 0 Å². The molecule has 0 unspecified atom stereocenters. The molecule has 4 aromatic carbocycles. The highest BCUT2D eigenvalue weighted by Crippen LogP contribution is 2.20. The zero-order valence-corrected chi connectivity index (χ0v) is 18.7. The molecule has 0 radical (unpaired) electrons. The molecule has 5 nitrogen and oxygen atoms in total. The highest BCUT2D eigenvalue weighted by atomic mass is 16.5. The molecule has 0 heterocycles. The van der Waals surface area contributed by atoms with Crippen molar-refractivity contribution in [3.8, 4) is 5.75 Å². The van der Waals surface area contributed by atoms with Gasteiger partial charge in [-0.05, 0) is 34.0 Å². The topological polar surface area (TPSA) is 75.4 Å². The minimum Gasteiger partial charge on any atom is -0.487 e. The maximum atomic E-state index is 8.39. The Labute approximate surface area is 199 Å². The third-order valence-electron chi connectivity index (χ3n) is 5.11. The summed E-state index contributed by atoms with van der Waals surface area (Å²) in [6, 6.07) is 33.2. The Kier molecular flexibility index (Phi) is 7.70. The number of hydrogen-bond acceptors (Lipinski definition) is 5. The summed E-state index contributed by atoms with van der Waals surface area (Å²) < 4.78 is 17.3. The van der Waals surface area contributed by atoms with Gasteiger partial charge in [-0.1, -0.05) is 91.0 Å². The first kappa shape index (κ1) is 22.8. The van der Waals surface area contributed by atoms with Crippen LogP contribution in [0, 0.1) is 10.8 Å². The van der Waals surface area contributed by atoms with Crippen molar-refractivity contribution in [3.05, 3.63) is 126 Å². The maximum absolute atomic E-state index is 8.39. The largest absolute Gasteiger partial charge is 0.487 e. The molecule has 34 heavy (non-hydrogen) atoms. The van der Waals surface area contributed by atoms with Crippen LogP contribution in [0.25, 0.3) is 10.8 Å². The zero-order valence-electron chi connectivity index (χ0n) is 18.7. The number of benzene rings is 4. The minimum absolute atomic E-state index is 0.0441. The van der Waals surface area contributed by atoms with Crippen LogP contribution in [0.4, 0.5) is 0 Å². The fourth-order valence-corrected chi connectivity index (χ4v) is 3.33. The van der Waals surface area contributed by atoms with Gasteiger partial charge in [-0.2, -0.15) is 0 Å². The SMILES string of the molecule is N=C(/C=C(/OCc1ccccc1)C(=N)OCc1ccccc1)COc1ccc2ccccc2c1. The molecule has 0 spiro atoms. The second kappa shape index (κ2) is 11.5. The van der Waals surface area contributed by atoms with Gasteiger partial charge in [0.25, 0.3) is 0 Å². The van der Waals surface area contributed by atoms with Crippen LogP contribution in [0.5, 0.6) is 5.75 Å². The summed E-state index contributed by atoms with van der Waals surface area (Å²) in [5.74, 6) is 0.737. The molecule has 2 N–H and O–H groups in total. The molecule has 0 aromatic heterocycles. The van der Waals surface area contributed by atoms with E-state index < -0.39 is 0 Å². The Bertz CT molecular complexity index is 1280. The van der Waals surface area contributed by atoms with Gasteiger partial charge in [0.1, 0.15) is 25.6 Å². The molecule has 170 valence electrons. The van der Waals surface area contributed by atoms with Gasteiger partial charge in [0.15, 0.2) is 5.76 Å². The third-order valence-corrected chi connectivity index (χ3v) is 5.11. The van der Waals surface area contributed by atoms with Gasteiger partial charge >= 0.3 is 0 Å². The molecule has 0 saturated carbocycles. The summed E-state index contributed by atoms with van der Waals surface area (Å²) >= 11 is 0. The van der Waals surface area contributed by atoms with Crippen molar-refractivity contribution < 1.29 is 14.2 Å². The standard InChI is InChI=1S/C29H26N2O3/c30-26(21-32-27-16-15-24-13-7-8-14-25(24)17-27)18-28(33-19-22-9-3-1-4-10-22)29(31)34-20-23-11-5-2-6-12-23/h1-18,30-31H,19-21H2/b28-18+,30-26?,31-29?. The average molecular weight is 451 g/mol. The number of fused-ring (bicyclic) bond motifs is 1. The summed E-state index contributed by atoms with van der Waals surface area (Å²) in [5, 5.41) is 19.0. The summed E-state index contributed by atoms with van der Waals surface area (Å²) in [7, 11) is 0. The third kappa shape index (κ3) is 6.56. The molecular formula is C29H26N2O3. The first-order valence-corrected chi connectivity index (χ1v) is 11.0. The van der Waals surface area contributed by atoms with E-state index >= 15 is 0 Å². The first-order valence-electron chi connectivity index (χ1n) is 11.0. The summed E-state index contributed by atoms with van der Waals surface area (Å²) in [6.45, 7) is 0.553. The molecule has 4 aromatic rings. The van der Waals surface area contributed by atoms with Gasteiger partial charge in [-0.3, -0.25) is 5.41 Å². The second-order valence-electron chi connectivity index (χ2n) is 7.71. The Morgan fingerprint density at radius 3 is 1.91 bits per heavy atom. The van der Waals surface area contributed by atoms with E-state index in [2.05, 4.69) is 0 Å². The molecule has 0 atom stereocenters. The lowest BCUT2D eigenvalue weighted by Crippen LogP contribution is -2.15. The molecule has 5 heteroatoms. The Morgan fingerprint density at radius 2 is 1.24 bits per heavy atom. The van der Waals surface area contributed by atoms with E-state index in [0.717, 1.165) is 21.9 Å². The molecule has 0 amide bonds. The Morgan fingerprint density at radius 1 is 0.647 bits per heavy atom. The van der Waals surface area contributed by atoms with E-state index in [1.807, 2.05) is 103 Å². The van der Waals surface area contributed by atoms with Crippen molar-refractivity contribution in [2.24, 2.45) is 0 Å². The van der Waals surface area contributed by atoms with E-state index in [-0.39, 0.29) is 37.2 Å². The predicted molar refractivity (Wildman–Crippen MR) is 135 cm³/mol. The van der Waals surface area contributed by atoms with E-state index in [1.54, 1.807) is 0 Å². The summed E-state index contributed by atoms with van der Waals surface area (Å²) in [5.41, 5.74) is 2.08. The van der Waals surface area contributed by atoms with Crippen LogP contribution < -0.4 is 4.74 Å². The van der Waals surface area contributed by atoms with Crippen LogP contribution in [-0.4, -0.2) is 18.2 Å². The van der Waals surface area contributed by atoms with E-state index in [0.29, 0.717) is 5.75 Å². The number of hydrogen-bond donors (Lipinski definition) is 2. The molecule has 0 aliphatic carbocycles. The second-order valence-corrected chi connectivity index (χ2v) is 7.71. The fourth-order valence-electron chi connectivity index (χ4n) is 3.33. The highest BCUT2D eigenvalue weighted by Gasteiger charge is 2.12. The molecule has 0 saturated heterocycles. The van der Waals surface area contributed by atoms with Crippen LogP contribution in [0.1, 0.15) is 11.1 Å². The lowest BCUT2D eigenvalue weighted by Gasteiger charge is -2.14. The molecule has 4 rings (SSSR count). The Balaban J connectivity index is 1.42. The van der Waals surface area contributed by atoms with Crippen LogP contribution >= 0.6 is 0 Å². The van der Waals surface area contributed by atoms with Crippen molar-refractivity contribution >= 4 is 22.4 Å². The van der Waals surface area contributed by atoms with Crippen LogP contribution in [0.2, 0.25) is 0 Å². The average Bonchev–Trinajstić information content (AvgIpc) is 2.89. The van der Waals surface area contributed by atoms with Crippen LogP contribution in [-0.2, 0) is 22.7 Å². The summed E-state index contributed by atoms with van der Waals surface area (Å²) in [6.07, 6.45) is 1.48. The van der Waals surface area contributed by atoms with Gasteiger partial charge in [0.2, 0.25) is 5.90 Å². The summed E-state index contributed by atoms with van der Waals surface area (Å²) in [4.78, 5) is 0. The lowest BCUT2D eigenvalue weighted by atomic mass is 10.1. The monoisotopic (exact) mass is 450 g/mol. The van der Waals surface area contributed by atoms with Crippen LogP contribution in [0.3, 0.4) is 0 Å². The zero-order chi connectivity index (χ0) is 23.6. The first-order chi connectivity index (χ1) is 16.7. The molecular weight excluding hydrogens is 424 g/mol. The van der Waals surface area contributed by atoms with E-state index in [4.69, 9.17) is 25.0 Å². The van der Waals surface area contributed by atoms with Crippen molar-refractivity contribution in [1.82, 2.24) is 0 Å². The van der Waals surface area contributed by atoms with Crippen molar-refractivity contribution in [3.63, 3.8) is 0 Å². The molecule has 0 bridgehead atoms. The maximum Gasteiger partial charge on any atom is 0.249 e. The van der Waals surface area contributed by atoms with Gasteiger partial charge < -0.3 is 19.6 Å². The van der Waals surface area contributed by atoms with E-state index in [1.165, 1.54) is 6.08 Å². The molecule has 0 aliphatic rings.